The SMILES string of the molecule is CCCNC(=O)c1ccccc1-c1ccccc1S(N)(=O)=O. The molecule has 1 amide bonds. The molecule has 0 bridgehead atoms. The van der Waals surface area contributed by atoms with Gasteiger partial charge in [0.2, 0.25) is 10.0 Å². The Morgan fingerprint density at radius 3 is 2.27 bits per heavy atom. The molecule has 116 valence electrons. The third kappa shape index (κ3) is 3.52. The molecule has 0 heterocycles. The first-order chi connectivity index (χ1) is 10.4. The van der Waals surface area contributed by atoms with E-state index in [1.165, 1.54) is 6.07 Å². The third-order valence-corrected chi connectivity index (χ3v) is 4.16. The number of amides is 1. The minimum atomic E-state index is -3.87. The molecule has 0 aromatic heterocycles. The van der Waals surface area contributed by atoms with E-state index in [0.717, 1.165) is 6.42 Å². The second-order valence-corrected chi connectivity index (χ2v) is 6.37. The van der Waals surface area contributed by atoms with Crippen molar-refractivity contribution in [1.29, 1.82) is 0 Å². The van der Waals surface area contributed by atoms with Crippen LogP contribution in [0.5, 0.6) is 0 Å². The summed E-state index contributed by atoms with van der Waals surface area (Å²) in [5.74, 6) is -0.235. The van der Waals surface area contributed by atoms with Gasteiger partial charge in [0.25, 0.3) is 5.91 Å². The summed E-state index contributed by atoms with van der Waals surface area (Å²) in [6, 6.07) is 13.3. The highest BCUT2D eigenvalue weighted by molar-refractivity contribution is 7.89. The number of rotatable bonds is 5. The lowest BCUT2D eigenvalue weighted by atomic mass is 9.99. The lowest BCUT2D eigenvalue weighted by Crippen LogP contribution is -2.24. The number of carbonyl (C=O) groups excluding carboxylic acids is 1. The first-order valence-electron chi connectivity index (χ1n) is 6.94. The number of sulfonamides is 1. The van der Waals surface area contributed by atoms with Crippen LogP contribution in [-0.4, -0.2) is 20.9 Å². The van der Waals surface area contributed by atoms with Crippen molar-refractivity contribution in [2.75, 3.05) is 6.54 Å². The van der Waals surface area contributed by atoms with Crippen molar-refractivity contribution in [3.8, 4) is 11.1 Å². The summed E-state index contributed by atoms with van der Waals surface area (Å²) in [6.45, 7) is 2.52. The fraction of sp³-hybridized carbons (Fsp3) is 0.188. The van der Waals surface area contributed by atoms with Gasteiger partial charge in [-0.25, -0.2) is 13.6 Å². The van der Waals surface area contributed by atoms with Crippen LogP contribution in [0.3, 0.4) is 0 Å². The van der Waals surface area contributed by atoms with Crippen molar-refractivity contribution in [2.24, 2.45) is 5.14 Å². The molecule has 0 saturated heterocycles. The van der Waals surface area contributed by atoms with Gasteiger partial charge in [-0.15, -0.1) is 0 Å². The highest BCUT2D eigenvalue weighted by Gasteiger charge is 2.18. The van der Waals surface area contributed by atoms with Gasteiger partial charge in [-0.2, -0.15) is 0 Å². The van der Waals surface area contributed by atoms with E-state index in [0.29, 0.717) is 23.2 Å². The standard InChI is InChI=1S/C16H18N2O3S/c1-2-11-18-16(19)14-9-4-3-7-12(14)13-8-5-6-10-15(13)22(17,20)21/h3-10H,2,11H2,1H3,(H,18,19)(H2,17,20,21). The molecular weight excluding hydrogens is 300 g/mol. The quantitative estimate of drug-likeness (QED) is 0.885. The Hall–Kier alpha value is -2.18. The summed E-state index contributed by atoms with van der Waals surface area (Å²) in [7, 11) is -3.87. The molecule has 0 aliphatic heterocycles. The zero-order valence-electron chi connectivity index (χ0n) is 12.2. The second kappa shape index (κ2) is 6.72. The molecule has 0 aliphatic rings. The highest BCUT2D eigenvalue weighted by Crippen LogP contribution is 2.29. The zero-order valence-corrected chi connectivity index (χ0v) is 13.1. The van der Waals surface area contributed by atoms with Gasteiger partial charge in [0.05, 0.1) is 4.90 Å². The van der Waals surface area contributed by atoms with Crippen LogP contribution >= 0.6 is 0 Å². The van der Waals surface area contributed by atoms with Crippen LogP contribution in [-0.2, 0) is 10.0 Å². The molecular formula is C16H18N2O3S. The molecule has 0 fully saturated rings. The normalized spacial score (nSPS) is 11.2. The lowest BCUT2D eigenvalue weighted by molar-refractivity contribution is 0.0954. The van der Waals surface area contributed by atoms with Crippen LogP contribution in [0.15, 0.2) is 53.4 Å². The van der Waals surface area contributed by atoms with Crippen LogP contribution in [0.2, 0.25) is 0 Å². The number of nitrogens with two attached hydrogens (primary N) is 1. The molecule has 0 saturated carbocycles. The van der Waals surface area contributed by atoms with Crippen LogP contribution in [0.1, 0.15) is 23.7 Å². The summed E-state index contributed by atoms with van der Waals surface area (Å²) in [5, 5.41) is 8.07. The van der Waals surface area contributed by atoms with Gasteiger partial charge in [0.1, 0.15) is 0 Å². The minimum absolute atomic E-state index is 0.00532. The molecule has 2 aromatic carbocycles. The van der Waals surface area contributed by atoms with E-state index in [4.69, 9.17) is 5.14 Å². The van der Waals surface area contributed by atoms with Gasteiger partial charge in [-0.3, -0.25) is 4.79 Å². The lowest BCUT2D eigenvalue weighted by Gasteiger charge is -2.12. The molecule has 0 spiro atoms. The largest absolute Gasteiger partial charge is 0.352 e. The van der Waals surface area contributed by atoms with Gasteiger partial charge in [0.15, 0.2) is 0 Å². The molecule has 5 nitrogen and oxygen atoms in total. The van der Waals surface area contributed by atoms with E-state index in [2.05, 4.69) is 5.32 Å². The van der Waals surface area contributed by atoms with Crippen molar-refractivity contribution >= 4 is 15.9 Å². The average molecular weight is 318 g/mol. The number of hydrogen-bond acceptors (Lipinski definition) is 3. The van der Waals surface area contributed by atoms with Crippen molar-refractivity contribution in [3.63, 3.8) is 0 Å². The minimum Gasteiger partial charge on any atom is -0.352 e. The maximum Gasteiger partial charge on any atom is 0.251 e. The van der Waals surface area contributed by atoms with Gasteiger partial charge in [0, 0.05) is 17.7 Å². The van der Waals surface area contributed by atoms with E-state index in [9.17, 15) is 13.2 Å². The fourth-order valence-corrected chi connectivity index (χ4v) is 2.94. The monoisotopic (exact) mass is 318 g/mol. The van der Waals surface area contributed by atoms with E-state index < -0.39 is 10.0 Å². The number of hydrogen-bond donors (Lipinski definition) is 2. The smallest absolute Gasteiger partial charge is 0.251 e. The Bertz CT molecular complexity index is 785. The summed E-state index contributed by atoms with van der Waals surface area (Å²) < 4.78 is 23.5. The molecule has 0 aliphatic carbocycles. The third-order valence-electron chi connectivity index (χ3n) is 3.19. The topological polar surface area (TPSA) is 89.3 Å². The molecule has 22 heavy (non-hydrogen) atoms. The predicted octanol–water partition coefficient (Wildman–Crippen LogP) is 2.14. The van der Waals surface area contributed by atoms with Crippen molar-refractivity contribution in [3.05, 3.63) is 54.1 Å². The maximum absolute atomic E-state index is 12.3. The Morgan fingerprint density at radius 1 is 1.05 bits per heavy atom. The Kier molecular flexibility index (Phi) is 4.95. The molecule has 2 aromatic rings. The first kappa shape index (κ1) is 16.2. The van der Waals surface area contributed by atoms with Gasteiger partial charge in [-0.05, 0) is 24.1 Å². The van der Waals surface area contributed by atoms with E-state index >= 15 is 0 Å². The van der Waals surface area contributed by atoms with E-state index in [1.54, 1.807) is 42.5 Å². The van der Waals surface area contributed by atoms with E-state index in [1.807, 2.05) is 6.92 Å². The number of primary sulfonamides is 1. The molecule has 3 N–H and O–H groups in total. The van der Waals surface area contributed by atoms with Gasteiger partial charge in [-0.1, -0.05) is 43.3 Å². The first-order valence-corrected chi connectivity index (χ1v) is 8.49. The van der Waals surface area contributed by atoms with Crippen molar-refractivity contribution in [2.45, 2.75) is 18.2 Å². The number of carbonyl (C=O) groups is 1. The fourth-order valence-electron chi connectivity index (χ4n) is 2.19. The number of benzene rings is 2. The average Bonchev–Trinajstić information content (AvgIpc) is 2.52. The molecule has 0 radical (unpaired) electrons. The second-order valence-electron chi connectivity index (χ2n) is 4.84. The molecule has 6 heteroatoms. The predicted molar refractivity (Wildman–Crippen MR) is 85.9 cm³/mol. The Labute approximate surface area is 130 Å². The maximum atomic E-state index is 12.3. The van der Waals surface area contributed by atoms with Crippen LogP contribution in [0.4, 0.5) is 0 Å². The summed E-state index contributed by atoms with van der Waals surface area (Å²) in [6.07, 6.45) is 0.821. The van der Waals surface area contributed by atoms with Gasteiger partial charge < -0.3 is 5.32 Å². The summed E-state index contributed by atoms with van der Waals surface area (Å²) in [5.41, 5.74) is 1.39. The molecule has 2 rings (SSSR count). The number of nitrogens with one attached hydrogen (secondary N) is 1. The highest BCUT2D eigenvalue weighted by atomic mass is 32.2. The van der Waals surface area contributed by atoms with Crippen LogP contribution in [0.25, 0.3) is 11.1 Å². The Balaban J connectivity index is 2.58. The van der Waals surface area contributed by atoms with Crippen LogP contribution < -0.4 is 10.5 Å². The van der Waals surface area contributed by atoms with E-state index in [-0.39, 0.29) is 10.8 Å². The molecule has 0 unspecified atom stereocenters. The summed E-state index contributed by atoms with van der Waals surface area (Å²) in [4.78, 5) is 12.3. The Morgan fingerprint density at radius 2 is 1.64 bits per heavy atom. The molecule has 0 atom stereocenters. The van der Waals surface area contributed by atoms with Gasteiger partial charge >= 0.3 is 0 Å². The van der Waals surface area contributed by atoms with Crippen molar-refractivity contribution < 1.29 is 13.2 Å². The van der Waals surface area contributed by atoms with Crippen molar-refractivity contribution in [1.82, 2.24) is 5.32 Å². The van der Waals surface area contributed by atoms with Crippen LogP contribution in [0, 0.1) is 0 Å². The zero-order chi connectivity index (χ0) is 16.2. The summed E-state index contributed by atoms with van der Waals surface area (Å²) >= 11 is 0.